The Morgan fingerprint density at radius 2 is 1.72 bits per heavy atom. The summed E-state index contributed by atoms with van der Waals surface area (Å²) in [6.07, 6.45) is 12.0. The van der Waals surface area contributed by atoms with Crippen LogP contribution in [0.2, 0.25) is 5.02 Å². The minimum atomic E-state index is -0.297. The van der Waals surface area contributed by atoms with Crippen LogP contribution in [-0.2, 0) is 16.0 Å². The van der Waals surface area contributed by atoms with Crippen LogP contribution in [0.15, 0.2) is 71.1 Å². The number of carbonyl (C=O) groups is 1. The van der Waals surface area contributed by atoms with Crippen LogP contribution in [0.3, 0.4) is 0 Å². The van der Waals surface area contributed by atoms with E-state index in [9.17, 15) is 4.79 Å². The number of nitrogens with one attached hydrogen (secondary N) is 1. The molecule has 0 bridgehead atoms. The summed E-state index contributed by atoms with van der Waals surface area (Å²) in [6.45, 7) is 10.1. The van der Waals surface area contributed by atoms with Gasteiger partial charge in [-0.1, -0.05) is 35.9 Å². The lowest BCUT2D eigenvalue weighted by molar-refractivity contribution is -0.118. The Balaban J connectivity index is 0.749. The monoisotopic (exact) mass is 847 g/mol. The number of carbonyl (C=O) groups excluding carboxylic acids is 1. The van der Waals surface area contributed by atoms with Gasteiger partial charge in [0.1, 0.15) is 28.7 Å². The maximum Gasteiger partial charge on any atom is 0.267 e. The molecule has 2 aliphatic heterocycles. The summed E-state index contributed by atoms with van der Waals surface area (Å²) in [7, 11) is 0. The Labute approximate surface area is 361 Å². The highest BCUT2D eigenvalue weighted by atomic mass is 35.5. The van der Waals surface area contributed by atoms with Crippen molar-refractivity contribution in [3.63, 3.8) is 0 Å². The molecule has 2 saturated carbocycles. The van der Waals surface area contributed by atoms with Crippen molar-refractivity contribution in [1.82, 2.24) is 25.0 Å². The number of nitrogens with two attached hydrogens (primary N) is 2. The number of benzene rings is 2. The second-order valence-corrected chi connectivity index (χ2v) is 18.4. The van der Waals surface area contributed by atoms with E-state index in [2.05, 4.69) is 76.1 Å². The van der Waals surface area contributed by atoms with Crippen LogP contribution in [0, 0.1) is 38.0 Å². The molecule has 3 fully saturated rings. The summed E-state index contributed by atoms with van der Waals surface area (Å²) >= 11 is 7.94. The minimum absolute atomic E-state index is 0.0171. The van der Waals surface area contributed by atoms with Crippen LogP contribution in [0.1, 0.15) is 109 Å². The van der Waals surface area contributed by atoms with E-state index < -0.39 is 0 Å². The van der Waals surface area contributed by atoms with Gasteiger partial charge in [-0.3, -0.25) is 14.4 Å². The van der Waals surface area contributed by atoms with E-state index in [1.54, 1.807) is 41.7 Å². The molecule has 4 aliphatic rings. The fourth-order valence-electron chi connectivity index (χ4n) is 8.89. The lowest BCUT2D eigenvalue weighted by Crippen LogP contribution is -2.42. The first-order valence-electron chi connectivity index (χ1n) is 21.1. The molecule has 2 aliphatic carbocycles. The van der Waals surface area contributed by atoms with Crippen LogP contribution in [0.4, 0.5) is 0 Å². The van der Waals surface area contributed by atoms with Crippen molar-refractivity contribution in [3.8, 4) is 16.8 Å². The average Bonchev–Trinajstić information content (AvgIpc) is 3.72. The van der Waals surface area contributed by atoms with Gasteiger partial charge in [-0.05, 0) is 127 Å². The van der Waals surface area contributed by atoms with E-state index in [1.165, 1.54) is 21.6 Å². The molecule has 12 nitrogen and oxygen atoms in total. The number of nitriles is 1. The molecule has 2 aromatic carbocycles. The summed E-state index contributed by atoms with van der Waals surface area (Å²) < 4.78 is 14.8. The molecular formula is C46H54ClN9O3S. The quantitative estimate of drug-likeness (QED) is 0.101. The second-order valence-electron chi connectivity index (χ2n) is 16.8. The summed E-state index contributed by atoms with van der Waals surface area (Å²) in [4.78, 5) is 21.5. The zero-order chi connectivity index (χ0) is 42.1. The van der Waals surface area contributed by atoms with Crippen LogP contribution in [-0.4, -0.2) is 68.7 Å². The highest BCUT2D eigenvalue weighted by Crippen LogP contribution is 2.39. The number of ether oxygens (including phenoxy) is 2. The first-order valence-corrected chi connectivity index (χ1v) is 22.3. The van der Waals surface area contributed by atoms with Crippen LogP contribution >= 0.6 is 22.9 Å². The Hall–Kier alpha value is -5.16. The summed E-state index contributed by atoms with van der Waals surface area (Å²) in [5.41, 5.74) is 19.1. The Morgan fingerprint density at radius 1 is 0.983 bits per heavy atom. The summed E-state index contributed by atoms with van der Waals surface area (Å²) in [5, 5.41) is 22.5. The van der Waals surface area contributed by atoms with Crippen molar-refractivity contribution in [2.45, 2.75) is 116 Å². The van der Waals surface area contributed by atoms with Gasteiger partial charge in [0.15, 0.2) is 5.82 Å². The standard InChI is InChI=1S/C46H54ClN9O3S/c1-26-28(3)60-46-42(26)43(51-27(2)44-54-53-29(4)56(44)46)32-7-5-30(6-8-32)21-31-22-38(23-31)59-36-17-19-55(20-18-36)41(50)16-15-40(49)45(57)52-34-10-13-35(14-11-34)58-37-12-9-33(25-48)39(47)24-37/h5-9,12,15-16,24,27,31,34-36,38H,10-11,13-14,17-23,49-50H2,1-4H3,(H,52,57)/b40-15-,41-16+. The molecule has 4 heterocycles. The molecule has 0 spiro atoms. The molecule has 5 N–H and O–H groups in total. The van der Waals surface area contributed by atoms with Gasteiger partial charge in [0, 0.05) is 41.2 Å². The molecule has 0 radical (unpaired) electrons. The normalized spacial score (nSPS) is 23.4. The predicted molar refractivity (Wildman–Crippen MR) is 235 cm³/mol. The van der Waals surface area contributed by atoms with E-state index in [4.69, 9.17) is 42.8 Å². The number of rotatable bonds is 11. The lowest BCUT2D eigenvalue weighted by atomic mass is 9.78. The SMILES string of the molecule is Cc1sc2c(c1C)C(c1ccc(CC3CC(OC4CCN(/C(N)=C/C=C(\N)C(=O)NC5CCC(Oc6ccc(C#N)c(Cl)c6)CC5)CC4)C3)cc1)=NC(C)c1nnc(C)n1-2. The number of nitrogens with zero attached hydrogens (tertiary/aromatic N) is 6. The largest absolute Gasteiger partial charge is 0.490 e. The summed E-state index contributed by atoms with van der Waals surface area (Å²) in [5.74, 6) is 3.34. The van der Waals surface area contributed by atoms with E-state index in [0.29, 0.717) is 34.2 Å². The van der Waals surface area contributed by atoms with Crippen LogP contribution < -0.4 is 21.5 Å². The van der Waals surface area contributed by atoms with Crippen LogP contribution in [0.5, 0.6) is 5.75 Å². The molecule has 1 unspecified atom stereocenters. The first-order chi connectivity index (χ1) is 28.9. The van der Waals surface area contributed by atoms with Gasteiger partial charge in [0.05, 0.1) is 46.1 Å². The number of fused-ring (bicyclic) bond motifs is 3. The predicted octanol–water partition coefficient (Wildman–Crippen LogP) is 7.64. The minimum Gasteiger partial charge on any atom is -0.490 e. The van der Waals surface area contributed by atoms with E-state index >= 15 is 0 Å². The van der Waals surface area contributed by atoms with Crippen molar-refractivity contribution in [3.05, 3.63) is 116 Å². The number of aliphatic imine (C=N–C) groups is 1. The van der Waals surface area contributed by atoms with Gasteiger partial charge in [0.2, 0.25) is 0 Å². The third kappa shape index (κ3) is 8.97. The highest BCUT2D eigenvalue weighted by molar-refractivity contribution is 7.15. The third-order valence-corrected chi connectivity index (χ3v) is 14.1. The molecule has 1 saturated heterocycles. The molecule has 4 aromatic rings. The smallest absolute Gasteiger partial charge is 0.267 e. The van der Waals surface area contributed by atoms with Crippen molar-refractivity contribution in [2.75, 3.05) is 13.1 Å². The Bertz CT molecular complexity index is 2360. The molecule has 60 heavy (non-hydrogen) atoms. The summed E-state index contributed by atoms with van der Waals surface area (Å²) in [6, 6.07) is 16.1. The maximum atomic E-state index is 12.9. The topological polar surface area (TPSA) is 170 Å². The number of hydrogen-bond acceptors (Lipinski definition) is 11. The molecule has 314 valence electrons. The van der Waals surface area contributed by atoms with E-state index in [0.717, 1.165) is 98.8 Å². The van der Waals surface area contributed by atoms with E-state index in [-0.39, 0.29) is 35.9 Å². The number of likely N-dealkylation sites (tertiary alicyclic amines) is 1. The molecule has 14 heteroatoms. The highest BCUT2D eigenvalue weighted by Gasteiger charge is 2.34. The number of allylic oxidation sites excluding steroid dienone is 2. The maximum absolute atomic E-state index is 12.9. The molecular weight excluding hydrogens is 794 g/mol. The van der Waals surface area contributed by atoms with Gasteiger partial charge in [-0.15, -0.1) is 21.5 Å². The van der Waals surface area contributed by atoms with Gasteiger partial charge in [-0.2, -0.15) is 5.26 Å². The fraction of sp³-hybridized carbons (Fsp3) is 0.457. The number of piperidine rings is 1. The molecule has 8 rings (SSSR count). The van der Waals surface area contributed by atoms with Crippen molar-refractivity contribution in [2.24, 2.45) is 22.4 Å². The molecule has 1 amide bonds. The Morgan fingerprint density at radius 3 is 2.42 bits per heavy atom. The third-order valence-electron chi connectivity index (χ3n) is 12.6. The number of aromatic nitrogens is 3. The van der Waals surface area contributed by atoms with Gasteiger partial charge >= 0.3 is 0 Å². The second kappa shape index (κ2) is 17.8. The Kier molecular flexibility index (Phi) is 12.3. The fourth-order valence-corrected chi connectivity index (χ4v) is 10.3. The van der Waals surface area contributed by atoms with Gasteiger partial charge in [0.25, 0.3) is 5.91 Å². The average molecular weight is 849 g/mol. The van der Waals surface area contributed by atoms with Crippen molar-refractivity contribution in [1.29, 1.82) is 5.26 Å². The number of halogens is 1. The number of aryl methyl sites for hydroxylation is 2. The van der Waals surface area contributed by atoms with Crippen LogP contribution in [0.25, 0.3) is 5.00 Å². The number of thiophene rings is 1. The number of hydrogen-bond donors (Lipinski definition) is 3. The zero-order valence-corrected chi connectivity index (χ0v) is 36.4. The van der Waals surface area contributed by atoms with E-state index in [1.807, 2.05) is 6.92 Å². The number of amides is 1. The first kappa shape index (κ1) is 41.6. The van der Waals surface area contributed by atoms with Crippen molar-refractivity contribution >= 4 is 34.6 Å². The lowest BCUT2D eigenvalue weighted by Gasteiger charge is -2.40. The van der Waals surface area contributed by atoms with Gasteiger partial charge < -0.3 is 31.2 Å². The molecule has 2 aromatic heterocycles. The van der Waals surface area contributed by atoms with Gasteiger partial charge in [-0.25, -0.2) is 0 Å². The molecule has 1 atom stereocenters. The van der Waals surface area contributed by atoms with Crippen molar-refractivity contribution < 1.29 is 14.3 Å². The zero-order valence-electron chi connectivity index (χ0n) is 34.8.